The van der Waals surface area contributed by atoms with Gasteiger partial charge in [0.25, 0.3) is 0 Å². The molecule has 0 aliphatic carbocycles. The number of aromatic nitrogens is 2. The third-order valence-corrected chi connectivity index (χ3v) is 4.41. The van der Waals surface area contributed by atoms with Crippen LogP contribution in [-0.2, 0) is 11.3 Å². The van der Waals surface area contributed by atoms with E-state index in [0.717, 1.165) is 45.4 Å². The third-order valence-electron chi connectivity index (χ3n) is 4.41. The molecule has 0 aromatic carbocycles. The molecular formula is C18H32N4O2. The first kappa shape index (κ1) is 18.8. The van der Waals surface area contributed by atoms with Crippen LogP contribution in [-0.4, -0.2) is 52.1 Å². The monoisotopic (exact) mass is 336 g/mol. The van der Waals surface area contributed by atoms with E-state index < -0.39 is 5.60 Å². The van der Waals surface area contributed by atoms with Crippen LogP contribution >= 0.6 is 0 Å². The minimum absolute atomic E-state index is 0.182. The number of hydrogen-bond donors (Lipinski definition) is 1. The van der Waals surface area contributed by atoms with E-state index in [1.807, 2.05) is 48.8 Å². The topological polar surface area (TPSA) is 59.4 Å². The van der Waals surface area contributed by atoms with Gasteiger partial charge in [-0.25, -0.2) is 4.79 Å². The quantitative estimate of drug-likeness (QED) is 0.812. The van der Waals surface area contributed by atoms with E-state index >= 15 is 0 Å². The predicted molar refractivity (Wildman–Crippen MR) is 94.8 cm³/mol. The Hall–Kier alpha value is -1.56. The lowest BCUT2D eigenvalue weighted by atomic mass is 9.91. The fourth-order valence-corrected chi connectivity index (χ4v) is 3.08. The summed E-state index contributed by atoms with van der Waals surface area (Å²) >= 11 is 0. The van der Waals surface area contributed by atoms with Crippen LogP contribution in [0.4, 0.5) is 4.79 Å². The molecule has 1 fully saturated rings. The Morgan fingerprint density at radius 1 is 1.46 bits per heavy atom. The summed E-state index contributed by atoms with van der Waals surface area (Å²) in [5.41, 5.74) is -0.430. The van der Waals surface area contributed by atoms with Crippen molar-refractivity contribution in [3.05, 3.63) is 18.5 Å². The van der Waals surface area contributed by atoms with Crippen molar-refractivity contribution in [1.82, 2.24) is 20.0 Å². The Balaban J connectivity index is 1.71. The standard InChI is InChI=1S/C18H32N4O2/c1-15(19-9-6-12-22-13-7-10-20-22)16-8-5-11-21(14-16)17(23)24-18(2,3)4/h7,10,13,15-16,19H,5-6,8-9,11-12,14H2,1-4H3. The summed E-state index contributed by atoms with van der Waals surface area (Å²) in [4.78, 5) is 14.1. The van der Waals surface area contributed by atoms with Gasteiger partial charge >= 0.3 is 6.09 Å². The number of nitrogens with one attached hydrogen (secondary N) is 1. The molecule has 1 aromatic rings. The molecule has 2 heterocycles. The van der Waals surface area contributed by atoms with Crippen molar-refractivity contribution in [2.45, 2.75) is 65.1 Å². The number of amides is 1. The molecule has 6 heteroatoms. The Morgan fingerprint density at radius 3 is 2.92 bits per heavy atom. The van der Waals surface area contributed by atoms with Gasteiger partial charge in [0.2, 0.25) is 0 Å². The molecule has 1 saturated heterocycles. The van der Waals surface area contributed by atoms with Crippen LogP contribution in [0.2, 0.25) is 0 Å². The molecular weight excluding hydrogens is 304 g/mol. The first-order chi connectivity index (χ1) is 11.3. The minimum atomic E-state index is -0.430. The highest BCUT2D eigenvalue weighted by molar-refractivity contribution is 5.68. The lowest BCUT2D eigenvalue weighted by molar-refractivity contribution is 0.0148. The number of hydrogen-bond acceptors (Lipinski definition) is 4. The number of rotatable bonds is 6. The van der Waals surface area contributed by atoms with Gasteiger partial charge in [-0.3, -0.25) is 4.68 Å². The summed E-state index contributed by atoms with van der Waals surface area (Å²) < 4.78 is 7.46. The van der Waals surface area contributed by atoms with Crippen LogP contribution in [0.15, 0.2) is 18.5 Å². The average molecular weight is 336 g/mol. The summed E-state index contributed by atoms with van der Waals surface area (Å²) in [7, 11) is 0. The van der Waals surface area contributed by atoms with Gasteiger partial charge in [0.05, 0.1) is 0 Å². The highest BCUT2D eigenvalue weighted by Gasteiger charge is 2.29. The molecule has 0 saturated carbocycles. The Bertz CT molecular complexity index is 496. The van der Waals surface area contributed by atoms with E-state index in [1.54, 1.807) is 0 Å². The molecule has 6 nitrogen and oxygen atoms in total. The summed E-state index contributed by atoms with van der Waals surface area (Å²) in [6.45, 7) is 11.4. The second-order valence-corrected chi connectivity index (χ2v) is 7.69. The molecule has 0 radical (unpaired) electrons. The Labute approximate surface area is 145 Å². The van der Waals surface area contributed by atoms with E-state index in [0.29, 0.717) is 12.0 Å². The molecule has 136 valence electrons. The fraction of sp³-hybridized carbons (Fsp3) is 0.778. The van der Waals surface area contributed by atoms with E-state index in [-0.39, 0.29) is 6.09 Å². The number of piperidine rings is 1. The second-order valence-electron chi connectivity index (χ2n) is 7.69. The highest BCUT2D eigenvalue weighted by Crippen LogP contribution is 2.21. The maximum atomic E-state index is 12.2. The van der Waals surface area contributed by atoms with Gasteiger partial charge in [-0.05, 0) is 65.5 Å². The van der Waals surface area contributed by atoms with Gasteiger partial charge in [-0.15, -0.1) is 0 Å². The molecule has 1 aromatic heterocycles. The highest BCUT2D eigenvalue weighted by atomic mass is 16.6. The number of nitrogens with zero attached hydrogens (tertiary/aromatic N) is 3. The van der Waals surface area contributed by atoms with Gasteiger partial charge in [0.15, 0.2) is 0 Å². The normalized spacial score (nSPS) is 20.0. The van der Waals surface area contributed by atoms with Crippen molar-refractivity contribution in [2.24, 2.45) is 5.92 Å². The van der Waals surface area contributed by atoms with Crippen molar-refractivity contribution in [3.63, 3.8) is 0 Å². The van der Waals surface area contributed by atoms with E-state index in [2.05, 4.69) is 17.3 Å². The van der Waals surface area contributed by atoms with Crippen LogP contribution in [0.3, 0.4) is 0 Å². The maximum Gasteiger partial charge on any atom is 0.410 e. The van der Waals surface area contributed by atoms with Gasteiger partial charge < -0.3 is 15.0 Å². The first-order valence-corrected chi connectivity index (χ1v) is 9.04. The zero-order valence-electron chi connectivity index (χ0n) is 15.5. The average Bonchev–Trinajstić information content (AvgIpc) is 3.03. The molecule has 1 aliphatic heterocycles. The largest absolute Gasteiger partial charge is 0.444 e. The lowest BCUT2D eigenvalue weighted by Gasteiger charge is -2.36. The van der Waals surface area contributed by atoms with E-state index in [4.69, 9.17) is 4.74 Å². The van der Waals surface area contributed by atoms with Crippen molar-refractivity contribution < 1.29 is 9.53 Å². The van der Waals surface area contributed by atoms with E-state index in [1.165, 1.54) is 0 Å². The van der Waals surface area contributed by atoms with Crippen molar-refractivity contribution in [2.75, 3.05) is 19.6 Å². The van der Waals surface area contributed by atoms with Gasteiger partial charge in [-0.2, -0.15) is 5.10 Å². The second kappa shape index (κ2) is 8.51. The van der Waals surface area contributed by atoms with Crippen molar-refractivity contribution in [1.29, 1.82) is 0 Å². The summed E-state index contributed by atoms with van der Waals surface area (Å²) in [5, 5.41) is 7.81. The number of aryl methyl sites for hydroxylation is 1. The maximum absolute atomic E-state index is 12.2. The summed E-state index contributed by atoms with van der Waals surface area (Å²) in [6.07, 6.45) is 6.87. The minimum Gasteiger partial charge on any atom is -0.444 e. The van der Waals surface area contributed by atoms with Crippen LogP contribution in [0, 0.1) is 5.92 Å². The molecule has 2 atom stereocenters. The fourth-order valence-electron chi connectivity index (χ4n) is 3.08. The Kier molecular flexibility index (Phi) is 6.66. The number of likely N-dealkylation sites (tertiary alicyclic amines) is 1. The molecule has 2 unspecified atom stereocenters. The molecule has 1 aliphatic rings. The molecule has 1 amide bonds. The molecule has 1 N–H and O–H groups in total. The van der Waals surface area contributed by atoms with E-state index in [9.17, 15) is 4.79 Å². The molecule has 0 bridgehead atoms. The number of carbonyl (C=O) groups excluding carboxylic acids is 1. The van der Waals surface area contributed by atoms with Crippen molar-refractivity contribution >= 4 is 6.09 Å². The summed E-state index contributed by atoms with van der Waals surface area (Å²) in [6, 6.07) is 2.34. The van der Waals surface area contributed by atoms with Crippen LogP contribution in [0.5, 0.6) is 0 Å². The summed E-state index contributed by atoms with van der Waals surface area (Å²) in [5.74, 6) is 0.482. The zero-order valence-corrected chi connectivity index (χ0v) is 15.5. The van der Waals surface area contributed by atoms with Crippen LogP contribution in [0.1, 0.15) is 47.0 Å². The lowest BCUT2D eigenvalue weighted by Crippen LogP contribution is -2.48. The molecule has 24 heavy (non-hydrogen) atoms. The zero-order chi connectivity index (χ0) is 17.6. The van der Waals surface area contributed by atoms with Crippen LogP contribution in [0.25, 0.3) is 0 Å². The number of carbonyl (C=O) groups is 1. The molecule has 0 spiro atoms. The molecule has 2 rings (SSSR count). The van der Waals surface area contributed by atoms with Crippen molar-refractivity contribution in [3.8, 4) is 0 Å². The predicted octanol–water partition coefficient (Wildman–Crippen LogP) is 2.90. The van der Waals surface area contributed by atoms with Crippen LogP contribution < -0.4 is 5.32 Å². The SMILES string of the molecule is CC(NCCCn1cccn1)C1CCCN(C(=O)OC(C)(C)C)C1. The van der Waals surface area contributed by atoms with Gasteiger partial charge in [-0.1, -0.05) is 0 Å². The van der Waals surface area contributed by atoms with Gasteiger partial charge in [0.1, 0.15) is 5.60 Å². The third kappa shape index (κ3) is 6.15. The smallest absolute Gasteiger partial charge is 0.410 e. The number of ether oxygens (including phenoxy) is 1. The van der Waals surface area contributed by atoms with Gasteiger partial charge in [0, 0.05) is 38.1 Å². The Morgan fingerprint density at radius 2 is 2.25 bits per heavy atom. The first-order valence-electron chi connectivity index (χ1n) is 9.04.